The van der Waals surface area contributed by atoms with E-state index in [1.807, 2.05) is 24.3 Å². The molecule has 2 aromatic carbocycles. The van der Waals surface area contributed by atoms with Gasteiger partial charge in [0.25, 0.3) is 0 Å². The summed E-state index contributed by atoms with van der Waals surface area (Å²) in [6, 6.07) is 15.7. The molecule has 0 spiro atoms. The second-order valence-electron chi connectivity index (χ2n) is 7.15. The monoisotopic (exact) mass is 418 g/mol. The van der Waals surface area contributed by atoms with E-state index in [9.17, 15) is 13.2 Å². The Bertz CT molecular complexity index is 898. The summed E-state index contributed by atoms with van der Waals surface area (Å²) in [4.78, 5) is 12.7. The van der Waals surface area contributed by atoms with Crippen LogP contribution >= 0.6 is 0 Å². The van der Waals surface area contributed by atoms with Gasteiger partial charge in [0.05, 0.1) is 18.5 Å². The molecule has 0 fully saturated rings. The van der Waals surface area contributed by atoms with Gasteiger partial charge >= 0.3 is 0 Å². The Kier molecular flexibility index (Phi) is 8.08. The van der Waals surface area contributed by atoms with Gasteiger partial charge in [-0.15, -0.1) is 0 Å². The van der Waals surface area contributed by atoms with Crippen LogP contribution in [-0.2, 0) is 14.8 Å². The average molecular weight is 419 g/mol. The van der Waals surface area contributed by atoms with Crippen molar-refractivity contribution in [2.75, 3.05) is 23.7 Å². The zero-order valence-electron chi connectivity index (χ0n) is 17.5. The van der Waals surface area contributed by atoms with Crippen LogP contribution in [0.5, 0.6) is 5.75 Å². The molecule has 0 unspecified atom stereocenters. The molecule has 6 nitrogen and oxygen atoms in total. The highest BCUT2D eigenvalue weighted by Crippen LogP contribution is 2.25. The Hall–Kier alpha value is -2.54. The van der Waals surface area contributed by atoms with Crippen molar-refractivity contribution >= 4 is 21.6 Å². The van der Waals surface area contributed by atoms with Crippen molar-refractivity contribution in [3.63, 3.8) is 0 Å². The molecule has 0 aliphatic carbocycles. The number of ether oxygens (including phenoxy) is 1. The van der Waals surface area contributed by atoms with Gasteiger partial charge in [-0.25, -0.2) is 8.42 Å². The van der Waals surface area contributed by atoms with Gasteiger partial charge in [0.15, 0.2) is 0 Å². The lowest BCUT2D eigenvalue weighted by Crippen LogP contribution is -2.50. The minimum absolute atomic E-state index is 0.286. The van der Waals surface area contributed by atoms with E-state index in [1.54, 1.807) is 37.3 Å². The molecule has 0 saturated carbocycles. The highest BCUT2D eigenvalue weighted by molar-refractivity contribution is 7.92. The van der Waals surface area contributed by atoms with Crippen LogP contribution in [0.4, 0.5) is 5.69 Å². The van der Waals surface area contributed by atoms with Crippen LogP contribution in [0.15, 0.2) is 54.6 Å². The summed E-state index contributed by atoms with van der Waals surface area (Å²) >= 11 is 0. The van der Waals surface area contributed by atoms with Crippen LogP contribution in [0.25, 0.3) is 0 Å². The largest absolute Gasteiger partial charge is 0.491 e. The SMILES string of the molecule is CC[C@H](C(=O)NCCOc1ccccc1C(C)C)N(c1ccccc1)S(C)(=O)=O. The van der Waals surface area contributed by atoms with E-state index >= 15 is 0 Å². The Labute approximate surface area is 173 Å². The van der Waals surface area contributed by atoms with Crippen molar-refractivity contribution in [3.05, 3.63) is 60.2 Å². The van der Waals surface area contributed by atoms with Crippen molar-refractivity contribution in [1.82, 2.24) is 5.32 Å². The molecule has 29 heavy (non-hydrogen) atoms. The topological polar surface area (TPSA) is 75.7 Å². The van der Waals surface area contributed by atoms with Crippen molar-refractivity contribution in [2.45, 2.75) is 39.2 Å². The first-order chi connectivity index (χ1) is 13.8. The van der Waals surface area contributed by atoms with E-state index in [1.165, 1.54) is 4.31 Å². The maximum absolute atomic E-state index is 12.7. The number of sulfonamides is 1. The summed E-state index contributed by atoms with van der Waals surface area (Å²) in [7, 11) is -3.62. The summed E-state index contributed by atoms with van der Waals surface area (Å²) < 4.78 is 31.8. The molecule has 7 heteroatoms. The quantitative estimate of drug-likeness (QED) is 0.599. The molecule has 2 aromatic rings. The summed E-state index contributed by atoms with van der Waals surface area (Å²) in [5.74, 6) is 0.785. The van der Waals surface area contributed by atoms with E-state index < -0.39 is 16.1 Å². The maximum atomic E-state index is 12.7. The van der Waals surface area contributed by atoms with Gasteiger partial charge in [-0.1, -0.05) is 57.2 Å². The van der Waals surface area contributed by atoms with E-state index in [0.717, 1.165) is 17.6 Å². The van der Waals surface area contributed by atoms with Gasteiger partial charge in [0.1, 0.15) is 18.4 Å². The lowest BCUT2D eigenvalue weighted by Gasteiger charge is -2.30. The number of hydrogen-bond acceptors (Lipinski definition) is 4. The van der Waals surface area contributed by atoms with Gasteiger partial charge in [0, 0.05) is 0 Å². The van der Waals surface area contributed by atoms with E-state index in [0.29, 0.717) is 24.6 Å². The molecule has 1 N–H and O–H groups in total. The minimum atomic E-state index is -3.62. The molecule has 0 heterocycles. The second-order valence-corrected chi connectivity index (χ2v) is 9.01. The van der Waals surface area contributed by atoms with Crippen LogP contribution in [0.2, 0.25) is 0 Å². The number of hydrogen-bond donors (Lipinski definition) is 1. The van der Waals surface area contributed by atoms with Gasteiger partial charge in [-0.2, -0.15) is 0 Å². The number of amides is 1. The Morgan fingerprint density at radius 2 is 1.69 bits per heavy atom. The molecule has 0 radical (unpaired) electrons. The van der Waals surface area contributed by atoms with Crippen molar-refractivity contribution in [3.8, 4) is 5.75 Å². The molecule has 0 aliphatic heterocycles. The lowest BCUT2D eigenvalue weighted by atomic mass is 10.0. The van der Waals surface area contributed by atoms with Crippen LogP contribution < -0.4 is 14.4 Å². The summed E-state index contributed by atoms with van der Waals surface area (Å²) in [6.45, 7) is 6.57. The number of carbonyl (C=O) groups excluding carboxylic acids is 1. The van der Waals surface area contributed by atoms with Gasteiger partial charge in [-0.05, 0) is 36.1 Å². The van der Waals surface area contributed by atoms with Gasteiger partial charge < -0.3 is 10.1 Å². The molecule has 158 valence electrons. The average Bonchev–Trinajstić information content (AvgIpc) is 2.69. The van der Waals surface area contributed by atoms with E-state index in [-0.39, 0.29) is 12.5 Å². The molecule has 0 aliphatic rings. The smallest absolute Gasteiger partial charge is 0.244 e. The normalized spacial score (nSPS) is 12.4. The number of rotatable bonds is 10. The zero-order valence-corrected chi connectivity index (χ0v) is 18.3. The molecule has 0 bridgehead atoms. The lowest BCUT2D eigenvalue weighted by molar-refractivity contribution is -0.122. The Balaban J connectivity index is 2.03. The van der Waals surface area contributed by atoms with Crippen molar-refractivity contribution in [1.29, 1.82) is 0 Å². The molecule has 0 saturated heterocycles. The van der Waals surface area contributed by atoms with Crippen LogP contribution in [0.3, 0.4) is 0 Å². The highest BCUT2D eigenvalue weighted by Gasteiger charge is 2.31. The molecule has 0 aromatic heterocycles. The van der Waals surface area contributed by atoms with Crippen LogP contribution in [-0.4, -0.2) is 39.8 Å². The van der Waals surface area contributed by atoms with Crippen LogP contribution in [0, 0.1) is 0 Å². The molecule has 1 amide bonds. The summed E-state index contributed by atoms with van der Waals surface area (Å²) in [5.41, 5.74) is 1.58. The fourth-order valence-electron chi connectivity index (χ4n) is 3.18. The number of carbonyl (C=O) groups is 1. The summed E-state index contributed by atoms with van der Waals surface area (Å²) in [5, 5.41) is 2.80. The molecule has 1 atom stereocenters. The third kappa shape index (κ3) is 6.22. The Morgan fingerprint density at radius 1 is 1.07 bits per heavy atom. The third-order valence-electron chi connectivity index (χ3n) is 4.54. The predicted molar refractivity (Wildman–Crippen MR) is 117 cm³/mol. The number of benzene rings is 2. The van der Waals surface area contributed by atoms with Crippen molar-refractivity contribution in [2.24, 2.45) is 0 Å². The van der Waals surface area contributed by atoms with Crippen molar-refractivity contribution < 1.29 is 17.9 Å². The highest BCUT2D eigenvalue weighted by atomic mass is 32.2. The number of para-hydroxylation sites is 2. The number of anilines is 1. The number of nitrogens with one attached hydrogen (secondary N) is 1. The maximum Gasteiger partial charge on any atom is 0.244 e. The first-order valence-electron chi connectivity index (χ1n) is 9.79. The first-order valence-corrected chi connectivity index (χ1v) is 11.6. The third-order valence-corrected chi connectivity index (χ3v) is 5.72. The van der Waals surface area contributed by atoms with Gasteiger partial charge in [-0.3, -0.25) is 9.10 Å². The standard InChI is InChI=1S/C22H30N2O4S/c1-5-20(24(29(4,26)27)18-11-7-6-8-12-18)22(25)23-15-16-28-21-14-10-9-13-19(21)17(2)3/h6-14,17,20H,5,15-16H2,1-4H3,(H,23,25)/t20-/m1/s1. The molecule has 2 rings (SSSR count). The Morgan fingerprint density at radius 3 is 2.28 bits per heavy atom. The predicted octanol–water partition coefficient (Wildman–Crippen LogP) is 3.55. The zero-order chi connectivity index (χ0) is 21.4. The fraction of sp³-hybridized carbons (Fsp3) is 0.409. The van der Waals surface area contributed by atoms with Gasteiger partial charge in [0.2, 0.25) is 15.9 Å². The number of nitrogens with zero attached hydrogens (tertiary/aromatic N) is 1. The molecular weight excluding hydrogens is 388 g/mol. The van der Waals surface area contributed by atoms with Crippen LogP contribution in [0.1, 0.15) is 38.7 Å². The second kappa shape index (κ2) is 10.3. The van der Waals surface area contributed by atoms with E-state index in [2.05, 4.69) is 19.2 Å². The summed E-state index contributed by atoms with van der Waals surface area (Å²) in [6.07, 6.45) is 1.47. The first kappa shape index (κ1) is 22.7. The fourth-order valence-corrected chi connectivity index (χ4v) is 4.39. The minimum Gasteiger partial charge on any atom is -0.491 e. The van der Waals surface area contributed by atoms with E-state index in [4.69, 9.17) is 4.74 Å². The molecular formula is C22H30N2O4S.